The Kier molecular flexibility index (Phi) is 8.04. The molecule has 3 rings (SSSR count). The van der Waals surface area contributed by atoms with Crippen LogP contribution in [0.2, 0.25) is 0 Å². The average Bonchev–Trinajstić information content (AvgIpc) is 3.08. The minimum atomic E-state index is -0.642. The first-order chi connectivity index (χ1) is 15.9. The topological polar surface area (TPSA) is 125 Å². The second-order valence-electron chi connectivity index (χ2n) is 10.4. The molecule has 0 aliphatic carbocycles. The number of nitrogens with zero attached hydrogens (tertiary/aromatic N) is 4. The van der Waals surface area contributed by atoms with Gasteiger partial charge in [0.05, 0.1) is 20.7 Å². The van der Waals surface area contributed by atoms with E-state index in [1.807, 2.05) is 11.9 Å². The summed E-state index contributed by atoms with van der Waals surface area (Å²) in [7, 11) is 3.32. The second kappa shape index (κ2) is 10.4. The van der Waals surface area contributed by atoms with Gasteiger partial charge in [-0.15, -0.1) is 0 Å². The van der Waals surface area contributed by atoms with E-state index in [1.54, 1.807) is 25.7 Å². The molecular formula is C22H39N6O6+. The van der Waals surface area contributed by atoms with Gasteiger partial charge in [-0.3, -0.25) is 25.3 Å². The maximum atomic E-state index is 12.9. The van der Waals surface area contributed by atoms with Gasteiger partial charge in [-0.1, -0.05) is 0 Å². The first kappa shape index (κ1) is 26.2. The highest BCUT2D eigenvalue weighted by molar-refractivity contribution is 5.92. The van der Waals surface area contributed by atoms with Crippen molar-refractivity contribution in [3.8, 4) is 0 Å². The number of methoxy groups -OCH3 is 1. The molecule has 3 aliphatic heterocycles. The van der Waals surface area contributed by atoms with E-state index in [0.29, 0.717) is 32.5 Å². The van der Waals surface area contributed by atoms with Crippen molar-refractivity contribution < 1.29 is 33.1 Å². The monoisotopic (exact) mass is 483 g/mol. The Labute approximate surface area is 201 Å². The Bertz CT molecular complexity index is 785. The van der Waals surface area contributed by atoms with Crippen LogP contribution in [0.15, 0.2) is 0 Å². The number of hydrogen-bond donors (Lipinski definition) is 2. The number of piperidine rings is 1. The molecule has 0 radical (unpaired) electrons. The minimum absolute atomic E-state index is 0.0158. The zero-order chi connectivity index (χ0) is 25.1. The summed E-state index contributed by atoms with van der Waals surface area (Å²) in [5.74, 6) is -0.229. The fraction of sp³-hybridized carbons (Fsp3) is 0.818. The van der Waals surface area contributed by atoms with E-state index in [4.69, 9.17) is 19.6 Å². The Morgan fingerprint density at radius 2 is 1.76 bits per heavy atom. The quantitative estimate of drug-likeness (QED) is 0.195. The number of nitrogens with one attached hydrogen (secondary N) is 2. The molecule has 34 heavy (non-hydrogen) atoms. The summed E-state index contributed by atoms with van der Waals surface area (Å²) < 4.78 is 16.0. The van der Waals surface area contributed by atoms with Crippen LogP contribution < -0.4 is 5.32 Å². The maximum Gasteiger partial charge on any atom is 0.517 e. The summed E-state index contributed by atoms with van der Waals surface area (Å²) in [6.07, 6.45) is 0.286. The van der Waals surface area contributed by atoms with Crippen LogP contribution in [0.4, 0.5) is 9.59 Å². The van der Waals surface area contributed by atoms with Crippen LogP contribution in [0.5, 0.6) is 0 Å². The normalized spacial score (nSPS) is 27.3. The number of guanidine groups is 1. The van der Waals surface area contributed by atoms with Crippen molar-refractivity contribution in [2.75, 3.05) is 66.5 Å². The first-order valence-electron chi connectivity index (χ1n) is 11.8. The number of cyclic esters (lactones) is 1. The molecule has 2 N–H and O–H groups in total. The Morgan fingerprint density at radius 3 is 2.32 bits per heavy atom. The molecule has 0 aromatic carbocycles. The standard InChI is InChI=1S/C22H38N6O6/c1-22(2,3)34-20(30)24-19(23)27-8-6-16(7-9-27)28(4)15-17(33-21(28)31)26-12-10-25(11-13-26)14-18(29)32-5/h16-17H,6-15H2,1-5H3,(H-,23,24,30)/p+1. The number of ether oxygens (including phenoxy) is 3. The van der Waals surface area contributed by atoms with Gasteiger partial charge in [0, 0.05) is 52.1 Å². The summed E-state index contributed by atoms with van der Waals surface area (Å²) in [6.45, 7) is 10.2. The molecule has 0 aromatic rings. The van der Waals surface area contributed by atoms with E-state index in [-0.39, 0.29) is 41.3 Å². The number of rotatable bonds is 4. The molecule has 0 saturated carbocycles. The van der Waals surface area contributed by atoms with Crippen LogP contribution in [-0.2, 0) is 19.0 Å². The van der Waals surface area contributed by atoms with Crippen LogP contribution in [0, 0.1) is 5.41 Å². The molecular weight excluding hydrogens is 444 g/mol. The number of carbonyl (C=O) groups is 3. The Hall–Kier alpha value is -2.44. The molecule has 3 saturated heterocycles. The zero-order valence-electron chi connectivity index (χ0n) is 21.0. The highest BCUT2D eigenvalue weighted by Gasteiger charge is 2.53. The minimum Gasteiger partial charge on any atom is -0.468 e. The Morgan fingerprint density at radius 1 is 1.15 bits per heavy atom. The van der Waals surface area contributed by atoms with Crippen molar-refractivity contribution in [2.45, 2.75) is 51.5 Å². The second-order valence-corrected chi connectivity index (χ2v) is 10.4. The molecule has 0 bridgehead atoms. The third kappa shape index (κ3) is 6.36. The summed E-state index contributed by atoms with van der Waals surface area (Å²) in [5.41, 5.74) is -0.628. The van der Waals surface area contributed by atoms with Gasteiger partial charge in [-0.2, -0.15) is 4.79 Å². The van der Waals surface area contributed by atoms with Crippen molar-refractivity contribution >= 4 is 24.1 Å². The van der Waals surface area contributed by atoms with Gasteiger partial charge >= 0.3 is 18.2 Å². The number of amides is 2. The highest BCUT2D eigenvalue weighted by Crippen LogP contribution is 2.30. The van der Waals surface area contributed by atoms with E-state index >= 15 is 0 Å². The largest absolute Gasteiger partial charge is 0.517 e. The Balaban J connectivity index is 1.48. The molecule has 3 heterocycles. The number of likely N-dealkylation sites (tertiary alicyclic amines) is 1. The number of alkyl carbamates (subject to hydrolysis) is 1. The number of likely N-dealkylation sites (N-methyl/N-ethyl adjacent to an activating group) is 1. The number of carbonyl (C=O) groups excluding carboxylic acids is 3. The van der Waals surface area contributed by atoms with Crippen LogP contribution in [0.1, 0.15) is 33.6 Å². The van der Waals surface area contributed by atoms with Gasteiger partial charge in [-0.05, 0) is 20.8 Å². The van der Waals surface area contributed by atoms with Gasteiger partial charge in [-0.25, -0.2) is 9.28 Å². The number of hydrogen-bond acceptors (Lipinski definition) is 9. The SMILES string of the molecule is COC(=O)CN1CCN(C2C[N+](C)(C3CCN(C(=N)NC(=O)OC(C)(C)C)CC3)C(=O)O2)CC1. The van der Waals surface area contributed by atoms with Crippen molar-refractivity contribution in [1.82, 2.24) is 20.0 Å². The van der Waals surface area contributed by atoms with Gasteiger partial charge in [0.2, 0.25) is 12.2 Å². The molecule has 2 unspecified atom stereocenters. The van der Waals surface area contributed by atoms with E-state index in [1.165, 1.54) is 7.11 Å². The average molecular weight is 484 g/mol. The molecule has 12 heteroatoms. The number of esters is 1. The zero-order valence-corrected chi connectivity index (χ0v) is 21.0. The maximum absolute atomic E-state index is 12.9. The number of quaternary nitrogens is 1. The number of piperazine rings is 1. The summed E-state index contributed by atoms with van der Waals surface area (Å²) in [6, 6.07) is 0.0868. The van der Waals surface area contributed by atoms with Crippen molar-refractivity contribution in [2.24, 2.45) is 0 Å². The molecule has 0 spiro atoms. The fourth-order valence-corrected chi connectivity index (χ4v) is 4.76. The van der Waals surface area contributed by atoms with Gasteiger partial charge in [0.1, 0.15) is 18.2 Å². The van der Waals surface area contributed by atoms with E-state index in [9.17, 15) is 14.4 Å². The van der Waals surface area contributed by atoms with E-state index in [2.05, 4.69) is 10.2 Å². The van der Waals surface area contributed by atoms with Crippen LogP contribution in [-0.4, -0.2) is 128 Å². The van der Waals surface area contributed by atoms with E-state index in [0.717, 1.165) is 26.2 Å². The first-order valence-corrected chi connectivity index (χ1v) is 11.8. The van der Waals surface area contributed by atoms with Crippen LogP contribution in [0.3, 0.4) is 0 Å². The third-order valence-corrected chi connectivity index (χ3v) is 6.79. The lowest BCUT2D eigenvalue weighted by Crippen LogP contribution is -2.59. The smallest absolute Gasteiger partial charge is 0.468 e. The van der Waals surface area contributed by atoms with Gasteiger partial charge < -0.3 is 19.1 Å². The molecule has 2 atom stereocenters. The van der Waals surface area contributed by atoms with Crippen molar-refractivity contribution in [3.63, 3.8) is 0 Å². The summed E-state index contributed by atoms with van der Waals surface area (Å²) in [5, 5.41) is 10.7. The van der Waals surface area contributed by atoms with Gasteiger partial charge in [0.15, 0.2) is 0 Å². The lowest BCUT2D eigenvalue weighted by Gasteiger charge is -2.40. The van der Waals surface area contributed by atoms with E-state index < -0.39 is 11.7 Å². The lowest BCUT2D eigenvalue weighted by molar-refractivity contribution is -0.852. The fourth-order valence-electron chi connectivity index (χ4n) is 4.76. The predicted octanol–water partition coefficient (Wildman–Crippen LogP) is 0.624. The van der Waals surface area contributed by atoms with Crippen LogP contribution in [0.25, 0.3) is 0 Å². The molecule has 0 aromatic heterocycles. The molecule has 3 fully saturated rings. The summed E-state index contributed by atoms with van der Waals surface area (Å²) in [4.78, 5) is 42.4. The molecule has 12 nitrogen and oxygen atoms in total. The molecule has 192 valence electrons. The summed E-state index contributed by atoms with van der Waals surface area (Å²) >= 11 is 0. The highest BCUT2D eigenvalue weighted by atomic mass is 16.6. The lowest BCUT2D eigenvalue weighted by atomic mass is 10.0. The van der Waals surface area contributed by atoms with Crippen LogP contribution >= 0.6 is 0 Å². The van der Waals surface area contributed by atoms with Crippen molar-refractivity contribution in [1.29, 1.82) is 5.41 Å². The van der Waals surface area contributed by atoms with Gasteiger partial charge in [0.25, 0.3) is 0 Å². The predicted molar refractivity (Wildman–Crippen MR) is 123 cm³/mol. The molecule has 2 amide bonds. The third-order valence-electron chi connectivity index (χ3n) is 6.79. The van der Waals surface area contributed by atoms with Crippen molar-refractivity contribution in [3.05, 3.63) is 0 Å². The molecule has 3 aliphatic rings.